The number of carbonyl (C=O) groups excluding carboxylic acids is 1. The topological polar surface area (TPSA) is 76.0 Å². The van der Waals surface area contributed by atoms with Crippen LogP contribution >= 0.6 is 0 Å². The average Bonchev–Trinajstić information content (AvgIpc) is 2.88. The third kappa shape index (κ3) is 3.18. The van der Waals surface area contributed by atoms with Crippen molar-refractivity contribution in [2.45, 2.75) is 5.60 Å². The molecule has 0 fully saturated rings. The molecule has 1 spiro atoms. The van der Waals surface area contributed by atoms with Gasteiger partial charge in [0, 0.05) is 28.8 Å². The number of hydrogen-bond acceptors (Lipinski definition) is 5. The van der Waals surface area contributed by atoms with E-state index in [-0.39, 0.29) is 114 Å². The van der Waals surface area contributed by atoms with Crippen LogP contribution in [0.15, 0.2) is 60.7 Å². The number of carbonyl (C=O) groups is 1. The quantitative estimate of drug-likeness (QED) is 0.321. The number of fused-ring (bicyclic) bond motifs is 6. The Hall–Kier alpha value is -0.197. The van der Waals surface area contributed by atoms with Gasteiger partial charge in [-0.05, 0) is 30.3 Å². The van der Waals surface area contributed by atoms with Crippen molar-refractivity contribution >= 4 is 5.97 Å². The molecule has 2 aliphatic heterocycles. The minimum atomic E-state index is -1.17. The monoisotopic (exact) mass is 410 g/mol. The number of esters is 1. The van der Waals surface area contributed by atoms with Gasteiger partial charge in [0.15, 0.2) is 5.60 Å². The Balaban J connectivity index is 0.00000105. The molecule has 0 aromatic heterocycles. The molecule has 0 amide bonds. The maximum atomic E-state index is 12.5. The molecule has 0 radical (unpaired) electrons. The van der Waals surface area contributed by atoms with Crippen LogP contribution in [-0.2, 0) is 10.3 Å². The van der Waals surface area contributed by atoms with Gasteiger partial charge in [0.2, 0.25) is 0 Å². The average molecular weight is 411 g/mol. The van der Waals surface area contributed by atoms with Crippen molar-refractivity contribution in [3.8, 4) is 23.0 Å². The first-order chi connectivity index (χ1) is 12.1. The van der Waals surface area contributed by atoms with Gasteiger partial charge in [-0.25, -0.2) is 4.79 Å². The van der Waals surface area contributed by atoms with E-state index in [1.165, 1.54) is 24.3 Å². The van der Waals surface area contributed by atoms with Crippen molar-refractivity contribution in [2.75, 3.05) is 0 Å². The van der Waals surface area contributed by atoms with Crippen molar-refractivity contribution < 1.29 is 127 Å². The van der Waals surface area contributed by atoms with Crippen LogP contribution in [0.4, 0.5) is 0 Å². The van der Waals surface area contributed by atoms with Gasteiger partial charge in [-0.15, -0.1) is 0 Å². The van der Waals surface area contributed by atoms with Gasteiger partial charge < -0.3 is 19.7 Å². The van der Waals surface area contributed by atoms with Gasteiger partial charge in [0.05, 0.1) is 5.56 Å². The molecule has 5 rings (SSSR count). The molecule has 2 heterocycles. The Labute approximate surface area is 240 Å². The number of benzene rings is 3. The molecule has 0 bridgehead atoms. The van der Waals surface area contributed by atoms with E-state index >= 15 is 0 Å². The Morgan fingerprint density at radius 1 is 0.741 bits per heavy atom. The Kier molecular flexibility index (Phi) is 6.30. The number of ether oxygens (including phenoxy) is 2. The van der Waals surface area contributed by atoms with Gasteiger partial charge in [-0.3, -0.25) is 0 Å². The van der Waals surface area contributed by atoms with Crippen LogP contribution in [0, 0.1) is 0 Å². The molecule has 2 aliphatic rings. The molecule has 3 aromatic carbocycles. The molecule has 0 aliphatic carbocycles. The second-order valence-electron chi connectivity index (χ2n) is 6.08. The van der Waals surface area contributed by atoms with Crippen LogP contribution in [0.2, 0.25) is 0 Å². The molecule has 0 atom stereocenters. The third-order valence-electron chi connectivity index (χ3n) is 4.68. The second-order valence-corrected chi connectivity index (χ2v) is 6.08. The molecule has 27 heavy (non-hydrogen) atoms. The van der Waals surface area contributed by atoms with Crippen molar-refractivity contribution in [1.82, 2.24) is 0 Å². The first-order valence-electron chi connectivity index (χ1n) is 7.77. The summed E-state index contributed by atoms with van der Waals surface area (Å²) < 4.78 is 11.8. The van der Waals surface area contributed by atoms with Crippen LogP contribution < -0.4 is 108 Å². The normalized spacial score (nSPS) is 14.6. The summed E-state index contributed by atoms with van der Waals surface area (Å²) in [5.41, 5.74) is 1.28. The number of aromatic hydroxyl groups is 2. The van der Waals surface area contributed by atoms with E-state index in [9.17, 15) is 15.0 Å². The molecule has 0 unspecified atom stereocenters. The minimum Gasteiger partial charge on any atom is -0.508 e. The number of rotatable bonds is 0. The number of phenols is 2. The molecular formula is C20H12K2O5+2. The third-order valence-corrected chi connectivity index (χ3v) is 4.68. The Bertz CT molecular complexity index is 1010. The zero-order valence-electron chi connectivity index (χ0n) is 14.9. The Morgan fingerprint density at radius 3 is 1.89 bits per heavy atom. The maximum absolute atomic E-state index is 12.5. The summed E-state index contributed by atoms with van der Waals surface area (Å²) in [6.07, 6.45) is 0. The predicted molar refractivity (Wildman–Crippen MR) is 88.0 cm³/mol. The maximum Gasteiger partial charge on any atom is 1.00 e. The fraction of sp³-hybridized carbons (Fsp3) is 0.0500. The van der Waals surface area contributed by atoms with Crippen LogP contribution in [0.3, 0.4) is 0 Å². The minimum absolute atomic E-state index is 0. The summed E-state index contributed by atoms with van der Waals surface area (Å²) in [4.78, 5) is 12.5. The van der Waals surface area contributed by atoms with Gasteiger partial charge in [0.1, 0.15) is 23.0 Å². The van der Waals surface area contributed by atoms with Crippen LogP contribution in [0.5, 0.6) is 23.0 Å². The first kappa shape index (κ1) is 21.5. The molecule has 5 nitrogen and oxygen atoms in total. The van der Waals surface area contributed by atoms with E-state index in [1.54, 1.807) is 24.3 Å². The summed E-state index contributed by atoms with van der Waals surface area (Å²) in [7, 11) is 0. The molecular weight excluding hydrogens is 398 g/mol. The van der Waals surface area contributed by atoms with E-state index in [4.69, 9.17) is 9.47 Å². The molecule has 122 valence electrons. The van der Waals surface area contributed by atoms with Gasteiger partial charge in [-0.1, -0.05) is 18.2 Å². The molecule has 0 saturated carbocycles. The molecule has 2 N–H and O–H groups in total. The zero-order valence-corrected chi connectivity index (χ0v) is 21.1. The second kappa shape index (κ2) is 7.91. The van der Waals surface area contributed by atoms with Crippen LogP contribution in [-0.4, -0.2) is 16.2 Å². The van der Waals surface area contributed by atoms with Crippen molar-refractivity contribution in [1.29, 1.82) is 0 Å². The van der Waals surface area contributed by atoms with E-state index in [2.05, 4.69) is 0 Å². The summed E-state index contributed by atoms with van der Waals surface area (Å²) in [6.45, 7) is 0. The van der Waals surface area contributed by atoms with Crippen molar-refractivity contribution in [3.05, 3.63) is 82.9 Å². The fourth-order valence-corrected chi connectivity index (χ4v) is 3.65. The SMILES string of the molecule is O=C1OC2(c3ccc(O)cc3Oc3cc(O)ccc32)c2ccccc21.[K+].[K+]. The van der Waals surface area contributed by atoms with E-state index in [1.807, 2.05) is 12.1 Å². The number of hydrogen-bond donors (Lipinski definition) is 2. The summed E-state index contributed by atoms with van der Waals surface area (Å²) in [5, 5.41) is 19.7. The van der Waals surface area contributed by atoms with Crippen LogP contribution in [0.1, 0.15) is 27.0 Å². The summed E-state index contributed by atoms with van der Waals surface area (Å²) in [6, 6.07) is 16.6. The van der Waals surface area contributed by atoms with Gasteiger partial charge in [-0.2, -0.15) is 0 Å². The standard InChI is InChI=1S/C20H12O5.2K/c21-11-5-7-15-17(9-11)24-18-10-12(22)6-8-16(18)20(15)14-4-2-1-3-13(14)19(23)25-20;;/h1-10,21-22H;;/q;2*+1. The van der Waals surface area contributed by atoms with Gasteiger partial charge >= 0.3 is 109 Å². The fourth-order valence-electron chi connectivity index (χ4n) is 3.65. The summed E-state index contributed by atoms with van der Waals surface area (Å²) in [5.74, 6) is 0.408. The van der Waals surface area contributed by atoms with E-state index in [0.717, 1.165) is 0 Å². The largest absolute Gasteiger partial charge is 1.00 e. The van der Waals surface area contributed by atoms with E-state index < -0.39 is 11.6 Å². The van der Waals surface area contributed by atoms with Crippen molar-refractivity contribution in [3.63, 3.8) is 0 Å². The van der Waals surface area contributed by atoms with Crippen molar-refractivity contribution in [2.24, 2.45) is 0 Å². The van der Waals surface area contributed by atoms with E-state index in [0.29, 0.717) is 33.8 Å². The molecule has 3 aromatic rings. The Morgan fingerprint density at radius 2 is 1.30 bits per heavy atom. The predicted octanol–water partition coefficient (Wildman–Crippen LogP) is -2.33. The smallest absolute Gasteiger partial charge is 0.508 e. The van der Waals surface area contributed by atoms with Gasteiger partial charge in [0.25, 0.3) is 0 Å². The summed E-state index contributed by atoms with van der Waals surface area (Å²) >= 11 is 0. The molecule has 0 saturated heterocycles. The molecule has 7 heteroatoms. The number of phenolic OH excluding ortho intramolecular Hbond substituents is 2. The first-order valence-corrected chi connectivity index (χ1v) is 7.77. The zero-order chi connectivity index (χ0) is 17.2. The van der Waals surface area contributed by atoms with Crippen LogP contribution in [0.25, 0.3) is 0 Å².